The first-order valence-corrected chi connectivity index (χ1v) is 9.14. The minimum atomic E-state index is 0.111. The molecule has 1 aliphatic heterocycles. The van der Waals surface area contributed by atoms with Crippen molar-refractivity contribution in [2.24, 2.45) is 5.16 Å². The number of thiocarbonyl (C=S) groups is 1. The average Bonchev–Trinajstić information content (AvgIpc) is 2.95. The molecule has 1 aromatic carbocycles. The van der Waals surface area contributed by atoms with Gasteiger partial charge in [-0.2, -0.15) is 5.10 Å². The predicted molar refractivity (Wildman–Crippen MR) is 100 cm³/mol. The Balaban J connectivity index is 2.09. The van der Waals surface area contributed by atoms with E-state index in [0.29, 0.717) is 17.0 Å². The van der Waals surface area contributed by atoms with E-state index in [1.54, 1.807) is 13.3 Å². The minimum absolute atomic E-state index is 0.111. The van der Waals surface area contributed by atoms with E-state index in [1.165, 1.54) is 9.58 Å². The molecule has 0 amide bonds. The summed E-state index contributed by atoms with van der Waals surface area (Å²) in [5.41, 5.74) is 4.60. The van der Waals surface area contributed by atoms with Gasteiger partial charge in [0.05, 0.1) is 22.3 Å². The highest BCUT2D eigenvalue weighted by Crippen LogP contribution is 2.35. The monoisotopic (exact) mass is 361 g/mol. The topological polar surface area (TPSA) is 59.6 Å². The summed E-state index contributed by atoms with van der Waals surface area (Å²) in [7, 11) is 1.56. The van der Waals surface area contributed by atoms with Gasteiger partial charge in [-0.25, -0.2) is 4.68 Å². The van der Waals surface area contributed by atoms with E-state index in [-0.39, 0.29) is 5.88 Å². The number of nitrogens with zero attached hydrogens (tertiary/aromatic N) is 3. The Kier molecular flexibility index (Phi) is 4.91. The van der Waals surface area contributed by atoms with Crippen molar-refractivity contribution in [3.05, 3.63) is 40.6 Å². The Morgan fingerprint density at radius 2 is 2.25 bits per heavy atom. The fourth-order valence-electron chi connectivity index (χ4n) is 2.91. The van der Waals surface area contributed by atoms with Gasteiger partial charge in [0, 0.05) is 29.2 Å². The van der Waals surface area contributed by atoms with Gasteiger partial charge in [-0.3, -0.25) is 0 Å². The van der Waals surface area contributed by atoms with Crippen LogP contribution >= 0.6 is 24.0 Å². The molecule has 2 heterocycles. The minimum Gasteiger partial charge on any atom is -0.493 e. The second kappa shape index (κ2) is 6.94. The molecule has 24 heavy (non-hydrogen) atoms. The molecule has 0 fully saturated rings. The van der Waals surface area contributed by atoms with E-state index in [2.05, 4.69) is 16.3 Å². The standard InChI is InChI=1S/C17H19N3O2S2/c1-4-20-17(21)12(9-18-20)16(23)11-5-6-14-15(10(11)2)13(19-22-3)7-8-24-14/h5-6,9,21H,4,7-8H2,1-3H3/b19-13+. The molecule has 0 bridgehead atoms. The number of rotatable bonds is 4. The molecule has 0 saturated heterocycles. The highest BCUT2D eigenvalue weighted by molar-refractivity contribution is 7.99. The smallest absolute Gasteiger partial charge is 0.218 e. The maximum Gasteiger partial charge on any atom is 0.218 e. The van der Waals surface area contributed by atoms with Gasteiger partial charge in [-0.1, -0.05) is 23.4 Å². The lowest BCUT2D eigenvalue weighted by Crippen LogP contribution is -2.15. The Morgan fingerprint density at radius 1 is 1.46 bits per heavy atom. The molecule has 0 radical (unpaired) electrons. The Morgan fingerprint density at radius 3 is 2.92 bits per heavy atom. The molecule has 7 heteroatoms. The summed E-state index contributed by atoms with van der Waals surface area (Å²) in [5.74, 6) is 1.10. The van der Waals surface area contributed by atoms with Crippen molar-refractivity contribution >= 4 is 34.6 Å². The predicted octanol–water partition coefficient (Wildman–Crippen LogP) is 3.53. The van der Waals surface area contributed by atoms with Gasteiger partial charge in [0.15, 0.2) is 0 Å². The third-order valence-electron chi connectivity index (χ3n) is 4.11. The number of hydrogen-bond acceptors (Lipinski definition) is 6. The maximum absolute atomic E-state index is 10.3. The molecular weight excluding hydrogens is 342 g/mol. The first-order valence-electron chi connectivity index (χ1n) is 7.74. The van der Waals surface area contributed by atoms with E-state index in [1.807, 2.05) is 31.7 Å². The lowest BCUT2D eigenvalue weighted by molar-refractivity contribution is 0.213. The van der Waals surface area contributed by atoms with Gasteiger partial charge in [-0.15, -0.1) is 11.8 Å². The summed E-state index contributed by atoms with van der Waals surface area (Å²) >= 11 is 7.45. The zero-order valence-electron chi connectivity index (χ0n) is 13.9. The number of aryl methyl sites for hydroxylation is 1. The van der Waals surface area contributed by atoms with Crippen LogP contribution in [0.3, 0.4) is 0 Å². The van der Waals surface area contributed by atoms with Crippen molar-refractivity contribution in [3.63, 3.8) is 0 Å². The van der Waals surface area contributed by atoms with E-state index in [4.69, 9.17) is 17.1 Å². The molecule has 1 aliphatic rings. The third kappa shape index (κ3) is 2.82. The summed E-state index contributed by atoms with van der Waals surface area (Å²) in [6.45, 7) is 4.56. The summed E-state index contributed by atoms with van der Waals surface area (Å²) in [5, 5.41) is 18.7. The van der Waals surface area contributed by atoms with Gasteiger partial charge < -0.3 is 9.94 Å². The van der Waals surface area contributed by atoms with E-state index in [0.717, 1.165) is 34.6 Å². The molecule has 0 unspecified atom stereocenters. The van der Waals surface area contributed by atoms with Gasteiger partial charge >= 0.3 is 0 Å². The second-order valence-corrected chi connectivity index (χ2v) is 7.00. The van der Waals surface area contributed by atoms with Crippen molar-refractivity contribution in [1.29, 1.82) is 0 Å². The van der Waals surface area contributed by atoms with Crippen molar-refractivity contribution < 1.29 is 9.94 Å². The Bertz CT molecular complexity index is 827. The number of aromatic hydroxyl groups is 1. The van der Waals surface area contributed by atoms with Crippen LogP contribution < -0.4 is 0 Å². The molecule has 1 N–H and O–H groups in total. The van der Waals surface area contributed by atoms with Crippen molar-refractivity contribution in [1.82, 2.24) is 9.78 Å². The van der Waals surface area contributed by atoms with Crippen molar-refractivity contribution in [2.75, 3.05) is 12.9 Å². The first-order chi connectivity index (χ1) is 11.6. The number of fused-ring (bicyclic) bond motifs is 1. The quantitative estimate of drug-likeness (QED) is 0.513. The first kappa shape index (κ1) is 17.0. The van der Waals surface area contributed by atoms with Crippen LogP contribution in [0.5, 0.6) is 5.88 Å². The molecular formula is C17H19N3O2S2. The lowest BCUT2D eigenvalue weighted by Gasteiger charge is -2.21. The van der Waals surface area contributed by atoms with E-state index in [9.17, 15) is 5.11 Å². The number of thioether (sulfide) groups is 1. The van der Waals surface area contributed by atoms with Gasteiger partial charge in [-0.05, 0) is 31.0 Å². The molecule has 0 spiro atoms. The van der Waals surface area contributed by atoms with Crippen LogP contribution in [-0.4, -0.2) is 38.3 Å². The van der Waals surface area contributed by atoms with Crippen LogP contribution in [-0.2, 0) is 11.4 Å². The molecule has 0 saturated carbocycles. The maximum atomic E-state index is 10.3. The Labute approximate surface area is 150 Å². The Hall–Kier alpha value is -1.86. The number of hydrogen-bond donors (Lipinski definition) is 1. The summed E-state index contributed by atoms with van der Waals surface area (Å²) < 4.78 is 1.53. The van der Waals surface area contributed by atoms with Crippen molar-refractivity contribution in [3.8, 4) is 5.88 Å². The van der Waals surface area contributed by atoms with E-state index < -0.39 is 0 Å². The second-order valence-electron chi connectivity index (χ2n) is 5.46. The van der Waals surface area contributed by atoms with Gasteiger partial charge in [0.1, 0.15) is 7.11 Å². The summed E-state index contributed by atoms with van der Waals surface area (Å²) in [6, 6.07) is 4.09. The normalized spacial score (nSPS) is 15.4. The fourth-order valence-corrected chi connectivity index (χ4v) is 4.37. The SMILES string of the molecule is CCn1ncc(C(=S)c2ccc3c(c2C)/C(=N/OC)CCS3)c1O. The molecule has 126 valence electrons. The van der Waals surface area contributed by atoms with Gasteiger partial charge in [0.25, 0.3) is 0 Å². The third-order valence-corrected chi connectivity index (χ3v) is 5.61. The molecule has 1 aromatic heterocycles. The highest BCUT2D eigenvalue weighted by Gasteiger charge is 2.23. The molecule has 3 rings (SSSR count). The van der Waals surface area contributed by atoms with Crippen LogP contribution in [0.2, 0.25) is 0 Å². The van der Waals surface area contributed by atoms with Crippen LogP contribution in [0.1, 0.15) is 35.6 Å². The van der Waals surface area contributed by atoms with Crippen molar-refractivity contribution in [2.45, 2.75) is 31.7 Å². The number of oxime groups is 1. The molecule has 0 aliphatic carbocycles. The summed E-state index contributed by atoms with van der Waals surface area (Å²) in [4.78, 5) is 6.79. The highest BCUT2D eigenvalue weighted by atomic mass is 32.2. The zero-order chi connectivity index (χ0) is 17.3. The summed E-state index contributed by atoms with van der Waals surface area (Å²) in [6.07, 6.45) is 2.49. The zero-order valence-corrected chi connectivity index (χ0v) is 15.5. The van der Waals surface area contributed by atoms with Crippen LogP contribution in [0.25, 0.3) is 0 Å². The number of aromatic nitrogens is 2. The average molecular weight is 361 g/mol. The number of benzene rings is 1. The fraction of sp³-hybridized carbons (Fsp3) is 0.353. The van der Waals surface area contributed by atoms with Gasteiger partial charge in [0.2, 0.25) is 5.88 Å². The van der Waals surface area contributed by atoms with Crippen LogP contribution in [0.15, 0.2) is 28.4 Å². The molecule has 5 nitrogen and oxygen atoms in total. The van der Waals surface area contributed by atoms with Crippen LogP contribution in [0.4, 0.5) is 0 Å². The van der Waals surface area contributed by atoms with E-state index >= 15 is 0 Å². The lowest BCUT2D eigenvalue weighted by atomic mass is 9.94. The van der Waals surface area contributed by atoms with Crippen LogP contribution in [0, 0.1) is 6.92 Å². The molecule has 2 aromatic rings. The molecule has 0 atom stereocenters. The largest absolute Gasteiger partial charge is 0.493 e.